The highest BCUT2D eigenvalue weighted by Gasteiger charge is 2.21. The fourth-order valence-electron chi connectivity index (χ4n) is 1.82. The molecule has 2 atom stereocenters. The van der Waals surface area contributed by atoms with Crippen molar-refractivity contribution in [2.45, 2.75) is 18.9 Å². The van der Waals surface area contributed by atoms with Gasteiger partial charge in [-0.1, -0.05) is 24.3 Å². The molecule has 0 N–H and O–H groups in total. The van der Waals surface area contributed by atoms with Crippen LogP contribution in [0.15, 0.2) is 42.5 Å². The molecular formula is C14H13NO2. The van der Waals surface area contributed by atoms with E-state index in [0.717, 1.165) is 6.42 Å². The van der Waals surface area contributed by atoms with Crippen molar-refractivity contribution in [3.05, 3.63) is 48.0 Å². The number of nitriles is 1. The first-order valence-electron chi connectivity index (χ1n) is 5.62. The minimum atomic E-state index is -0.334. The summed E-state index contributed by atoms with van der Waals surface area (Å²) in [7, 11) is 0. The Kier molecular flexibility index (Phi) is 3.56. The number of allylic oxidation sites excluding steroid dienone is 1. The van der Waals surface area contributed by atoms with E-state index in [2.05, 4.69) is 6.07 Å². The van der Waals surface area contributed by atoms with E-state index in [0.29, 0.717) is 12.0 Å². The van der Waals surface area contributed by atoms with Crippen molar-refractivity contribution >= 4 is 5.97 Å². The van der Waals surface area contributed by atoms with E-state index in [9.17, 15) is 4.79 Å². The molecule has 1 aromatic carbocycles. The van der Waals surface area contributed by atoms with Gasteiger partial charge in [0.05, 0.1) is 17.6 Å². The smallest absolute Gasteiger partial charge is 0.338 e. The van der Waals surface area contributed by atoms with Crippen molar-refractivity contribution in [1.29, 1.82) is 5.26 Å². The largest absolute Gasteiger partial charge is 0.454 e. The second kappa shape index (κ2) is 5.31. The summed E-state index contributed by atoms with van der Waals surface area (Å²) in [5.74, 6) is -0.382. The molecule has 0 bridgehead atoms. The van der Waals surface area contributed by atoms with E-state index in [1.54, 1.807) is 24.3 Å². The van der Waals surface area contributed by atoms with E-state index in [-0.39, 0.29) is 18.0 Å². The fraction of sp³-hybridized carbons (Fsp3) is 0.286. The highest BCUT2D eigenvalue weighted by Crippen LogP contribution is 2.20. The summed E-state index contributed by atoms with van der Waals surface area (Å²) in [5.41, 5.74) is 0.542. The molecule has 0 radical (unpaired) electrons. The molecule has 0 saturated heterocycles. The van der Waals surface area contributed by atoms with Crippen LogP contribution in [0.4, 0.5) is 0 Å². The number of benzene rings is 1. The normalized spacial score (nSPS) is 22.8. The first-order valence-corrected chi connectivity index (χ1v) is 5.62. The van der Waals surface area contributed by atoms with Gasteiger partial charge in [0.25, 0.3) is 0 Å². The van der Waals surface area contributed by atoms with Gasteiger partial charge in [0.15, 0.2) is 0 Å². The molecule has 1 aliphatic carbocycles. The molecule has 86 valence electrons. The SMILES string of the molecule is N#C[C@H]1CC=C[C@@H](OC(=O)c2ccccc2)C1. The summed E-state index contributed by atoms with van der Waals surface area (Å²) < 4.78 is 5.33. The Balaban J connectivity index is 1.98. The highest BCUT2D eigenvalue weighted by atomic mass is 16.5. The van der Waals surface area contributed by atoms with Gasteiger partial charge in [0.1, 0.15) is 6.10 Å². The lowest BCUT2D eigenvalue weighted by molar-refractivity contribution is 0.0353. The van der Waals surface area contributed by atoms with E-state index in [4.69, 9.17) is 10.00 Å². The summed E-state index contributed by atoms with van der Waals surface area (Å²) in [4.78, 5) is 11.8. The predicted octanol–water partition coefficient (Wildman–Crippen LogP) is 2.70. The third-order valence-electron chi connectivity index (χ3n) is 2.74. The number of esters is 1. The van der Waals surface area contributed by atoms with E-state index in [1.807, 2.05) is 18.2 Å². The second-order valence-corrected chi connectivity index (χ2v) is 4.04. The van der Waals surface area contributed by atoms with Gasteiger partial charge in [-0.25, -0.2) is 4.79 Å². The third kappa shape index (κ3) is 2.94. The molecule has 0 fully saturated rings. The Morgan fingerprint density at radius 2 is 2.12 bits per heavy atom. The van der Waals surface area contributed by atoms with Crippen LogP contribution in [0.25, 0.3) is 0 Å². The zero-order valence-electron chi connectivity index (χ0n) is 9.37. The molecule has 0 aromatic heterocycles. The monoisotopic (exact) mass is 227 g/mol. The zero-order chi connectivity index (χ0) is 12.1. The Morgan fingerprint density at radius 3 is 2.82 bits per heavy atom. The van der Waals surface area contributed by atoms with Crippen molar-refractivity contribution in [2.24, 2.45) is 5.92 Å². The molecule has 3 heteroatoms. The maximum atomic E-state index is 11.8. The molecule has 0 amide bonds. The van der Waals surface area contributed by atoms with Gasteiger partial charge in [-0.2, -0.15) is 5.26 Å². The molecule has 3 nitrogen and oxygen atoms in total. The predicted molar refractivity (Wildman–Crippen MR) is 63.1 cm³/mol. The van der Waals surface area contributed by atoms with Gasteiger partial charge in [0, 0.05) is 6.42 Å². The standard InChI is InChI=1S/C14H13NO2/c15-10-11-5-4-8-13(9-11)17-14(16)12-6-2-1-3-7-12/h1-4,6-8,11,13H,5,9H2/t11-,13+/m0/s1. The molecule has 0 spiro atoms. The van der Waals surface area contributed by atoms with Gasteiger partial charge in [0.2, 0.25) is 0 Å². The van der Waals surface area contributed by atoms with E-state index in [1.165, 1.54) is 0 Å². The lowest BCUT2D eigenvalue weighted by Crippen LogP contribution is -2.21. The van der Waals surface area contributed by atoms with Crippen LogP contribution in [0, 0.1) is 17.2 Å². The van der Waals surface area contributed by atoms with Crippen LogP contribution in [0.2, 0.25) is 0 Å². The van der Waals surface area contributed by atoms with Crippen LogP contribution < -0.4 is 0 Å². The molecule has 0 unspecified atom stereocenters. The van der Waals surface area contributed by atoms with Gasteiger partial charge in [-0.15, -0.1) is 0 Å². The molecule has 0 saturated carbocycles. The number of carbonyl (C=O) groups is 1. The number of hydrogen-bond acceptors (Lipinski definition) is 3. The Labute approximate surface area is 100 Å². The second-order valence-electron chi connectivity index (χ2n) is 4.04. The van der Waals surface area contributed by atoms with E-state index < -0.39 is 0 Å². The molecule has 1 aromatic rings. The third-order valence-corrected chi connectivity index (χ3v) is 2.74. The van der Waals surface area contributed by atoms with Gasteiger partial charge in [-0.05, 0) is 24.6 Å². The van der Waals surface area contributed by atoms with Crippen molar-refractivity contribution in [1.82, 2.24) is 0 Å². The van der Waals surface area contributed by atoms with Gasteiger partial charge < -0.3 is 4.74 Å². The van der Waals surface area contributed by atoms with Crippen molar-refractivity contribution in [3.8, 4) is 6.07 Å². The molecule has 0 aliphatic heterocycles. The van der Waals surface area contributed by atoms with Crippen molar-refractivity contribution in [3.63, 3.8) is 0 Å². The van der Waals surface area contributed by atoms with Crippen LogP contribution in [-0.2, 0) is 4.74 Å². The molecule has 1 aliphatic rings. The molecular weight excluding hydrogens is 214 g/mol. The van der Waals surface area contributed by atoms with Crippen molar-refractivity contribution in [2.75, 3.05) is 0 Å². The summed E-state index contributed by atoms with van der Waals surface area (Å²) in [5, 5.41) is 8.84. The minimum absolute atomic E-state index is 0.0476. The highest BCUT2D eigenvalue weighted by molar-refractivity contribution is 5.89. The van der Waals surface area contributed by atoms with Crippen LogP contribution in [-0.4, -0.2) is 12.1 Å². The number of hydrogen-bond donors (Lipinski definition) is 0. The molecule has 0 heterocycles. The summed E-state index contributed by atoms with van der Waals surface area (Å²) in [6.07, 6.45) is 4.82. The van der Waals surface area contributed by atoms with Crippen LogP contribution in [0.5, 0.6) is 0 Å². The van der Waals surface area contributed by atoms with Gasteiger partial charge >= 0.3 is 5.97 Å². The van der Waals surface area contributed by atoms with Crippen molar-refractivity contribution < 1.29 is 9.53 Å². The quantitative estimate of drug-likeness (QED) is 0.576. The minimum Gasteiger partial charge on any atom is -0.454 e. The Morgan fingerprint density at radius 1 is 1.35 bits per heavy atom. The first kappa shape index (κ1) is 11.4. The van der Waals surface area contributed by atoms with Gasteiger partial charge in [-0.3, -0.25) is 0 Å². The zero-order valence-corrected chi connectivity index (χ0v) is 9.37. The average molecular weight is 227 g/mol. The fourth-order valence-corrected chi connectivity index (χ4v) is 1.82. The average Bonchev–Trinajstić information content (AvgIpc) is 2.40. The van der Waals surface area contributed by atoms with Crippen LogP contribution in [0.3, 0.4) is 0 Å². The summed E-state index contributed by atoms with van der Waals surface area (Å²) in [6, 6.07) is 11.1. The Bertz CT molecular complexity index is 459. The number of ether oxygens (including phenoxy) is 1. The summed E-state index contributed by atoms with van der Waals surface area (Å²) >= 11 is 0. The number of rotatable bonds is 2. The number of nitrogens with zero attached hydrogens (tertiary/aromatic N) is 1. The lowest BCUT2D eigenvalue weighted by atomic mass is 9.94. The molecule has 2 rings (SSSR count). The topological polar surface area (TPSA) is 50.1 Å². The maximum Gasteiger partial charge on any atom is 0.338 e. The van der Waals surface area contributed by atoms with Crippen LogP contribution in [0.1, 0.15) is 23.2 Å². The van der Waals surface area contributed by atoms with E-state index >= 15 is 0 Å². The Hall–Kier alpha value is -2.08. The van der Waals surface area contributed by atoms with Crippen LogP contribution >= 0.6 is 0 Å². The summed E-state index contributed by atoms with van der Waals surface area (Å²) in [6.45, 7) is 0. The lowest BCUT2D eigenvalue weighted by Gasteiger charge is -2.20. The molecule has 17 heavy (non-hydrogen) atoms. The number of carbonyl (C=O) groups excluding carboxylic acids is 1. The first-order chi connectivity index (χ1) is 8.29. The maximum absolute atomic E-state index is 11.8.